The van der Waals surface area contributed by atoms with E-state index in [1.165, 1.54) is 0 Å². The number of esters is 1. The molecule has 0 spiro atoms. The van der Waals surface area contributed by atoms with Crippen molar-refractivity contribution in [3.63, 3.8) is 0 Å². The van der Waals surface area contributed by atoms with Crippen LogP contribution in [0.4, 0.5) is 4.79 Å². The Morgan fingerprint density at radius 3 is 2.97 bits per heavy atom. The zero-order chi connectivity index (χ0) is 22.0. The minimum absolute atomic E-state index is 0.0944. The maximum atomic E-state index is 12.6. The number of hydrogen-bond acceptors (Lipinski definition) is 6. The van der Waals surface area contributed by atoms with E-state index in [4.69, 9.17) is 14.2 Å². The van der Waals surface area contributed by atoms with Gasteiger partial charge in [0.2, 0.25) is 0 Å². The van der Waals surface area contributed by atoms with Gasteiger partial charge >= 0.3 is 12.1 Å². The number of carbonyl (C=O) groups is 2. The fourth-order valence-corrected chi connectivity index (χ4v) is 5.76. The van der Waals surface area contributed by atoms with Crippen LogP contribution in [0.1, 0.15) is 25.5 Å². The van der Waals surface area contributed by atoms with E-state index in [0.717, 1.165) is 23.0 Å². The summed E-state index contributed by atoms with van der Waals surface area (Å²) >= 11 is 3.42. The number of halogens is 1. The Hall–Kier alpha value is -1.93. The van der Waals surface area contributed by atoms with Crippen LogP contribution < -0.4 is 0 Å². The summed E-state index contributed by atoms with van der Waals surface area (Å²) in [5.74, 6) is 0.801. The van der Waals surface area contributed by atoms with E-state index in [9.17, 15) is 9.59 Å². The summed E-state index contributed by atoms with van der Waals surface area (Å²) in [5.41, 5.74) is 0.888. The van der Waals surface area contributed by atoms with Crippen molar-refractivity contribution in [1.29, 1.82) is 0 Å². The Morgan fingerprint density at radius 2 is 2.23 bits per heavy atom. The number of piperidine rings is 1. The largest absolute Gasteiger partial charge is 0.462 e. The highest BCUT2D eigenvalue weighted by Crippen LogP contribution is 2.51. The van der Waals surface area contributed by atoms with Crippen LogP contribution in [0.2, 0.25) is 0 Å². The number of allylic oxidation sites excluding steroid dienone is 1. The minimum Gasteiger partial charge on any atom is -0.462 e. The lowest BCUT2D eigenvalue weighted by atomic mass is 9.59. The molecule has 2 aliphatic heterocycles. The number of ether oxygens (including phenoxy) is 3. The number of methoxy groups -OCH3 is 1. The number of cyclic esters (lactones) is 1. The summed E-state index contributed by atoms with van der Waals surface area (Å²) in [6.07, 6.45) is 7.31. The Bertz CT molecular complexity index is 830. The number of amides is 1. The van der Waals surface area contributed by atoms with Crippen molar-refractivity contribution < 1.29 is 23.8 Å². The quantitative estimate of drug-likeness (QED) is 0.459. The number of pyridine rings is 1. The molecule has 31 heavy (non-hydrogen) atoms. The molecule has 0 N–H and O–H groups in total. The van der Waals surface area contributed by atoms with Crippen molar-refractivity contribution >= 4 is 34.1 Å². The molecule has 3 aliphatic rings. The lowest BCUT2D eigenvalue weighted by Gasteiger charge is -2.48. The number of hydrogen-bond donors (Lipinski definition) is 0. The average Bonchev–Trinajstić information content (AvgIpc) is 3.05. The molecule has 0 bridgehead atoms. The second-order valence-electron chi connectivity index (χ2n) is 8.67. The highest BCUT2D eigenvalue weighted by Gasteiger charge is 2.54. The van der Waals surface area contributed by atoms with Crippen LogP contribution in [0.5, 0.6) is 0 Å². The second-order valence-corrected chi connectivity index (χ2v) is 9.58. The van der Waals surface area contributed by atoms with E-state index in [1.54, 1.807) is 18.2 Å². The fourth-order valence-electron chi connectivity index (χ4n) is 5.52. The Balaban J connectivity index is 1.52. The number of rotatable bonds is 5. The molecule has 1 amide bonds. The van der Waals surface area contributed by atoms with E-state index in [0.29, 0.717) is 25.6 Å². The van der Waals surface area contributed by atoms with E-state index in [1.807, 2.05) is 19.1 Å². The third kappa shape index (κ3) is 4.80. The van der Waals surface area contributed by atoms with Crippen LogP contribution in [-0.2, 0) is 19.0 Å². The number of carbonyl (C=O) groups excluding carboxylic acids is 2. The first-order valence-electron chi connectivity index (χ1n) is 10.9. The van der Waals surface area contributed by atoms with Crippen molar-refractivity contribution in [2.75, 3.05) is 33.4 Å². The first-order chi connectivity index (χ1) is 15.0. The monoisotopic (exact) mass is 492 g/mol. The molecule has 6 atom stereocenters. The predicted octanol–water partition coefficient (Wildman–Crippen LogP) is 3.78. The summed E-state index contributed by atoms with van der Waals surface area (Å²) in [7, 11) is 1.58. The van der Waals surface area contributed by atoms with Gasteiger partial charge in [-0.2, -0.15) is 0 Å². The first kappa shape index (κ1) is 22.3. The van der Waals surface area contributed by atoms with Crippen molar-refractivity contribution in [3.8, 4) is 0 Å². The van der Waals surface area contributed by atoms with Gasteiger partial charge in [-0.05, 0) is 71.7 Å². The van der Waals surface area contributed by atoms with Crippen molar-refractivity contribution in [2.45, 2.75) is 25.9 Å². The van der Waals surface area contributed by atoms with E-state index in [2.05, 4.69) is 33.1 Å². The molecule has 1 aromatic rings. The van der Waals surface area contributed by atoms with Crippen LogP contribution >= 0.6 is 15.9 Å². The zero-order valence-electron chi connectivity index (χ0n) is 17.9. The smallest absolute Gasteiger partial charge is 0.409 e. The molecule has 1 unspecified atom stereocenters. The summed E-state index contributed by atoms with van der Waals surface area (Å²) in [5, 5.41) is 0. The van der Waals surface area contributed by atoms with Crippen molar-refractivity contribution in [2.24, 2.45) is 29.6 Å². The summed E-state index contributed by atoms with van der Waals surface area (Å²) < 4.78 is 16.8. The van der Waals surface area contributed by atoms with Gasteiger partial charge in [0, 0.05) is 36.8 Å². The topological polar surface area (TPSA) is 78.0 Å². The van der Waals surface area contributed by atoms with Crippen LogP contribution in [-0.4, -0.2) is 61.5 Å². The second kappa shape index (κ2) is 9.69. The average molecular weight is 493 g/mol. The molecular formula is C23H29BrN2O5. The van der Waals surface area contributed by atoms with Crippen LogP contribution in [0.15, 0.2) is 28.9 Å². The molecule has 1 aromatic heterocycles. The van der Waals surface area contributed by atoms with Gasteiger partial charge in [-0.1, -0.05) is 6.08 Å². The number of fused-ring (bicyclic) bond motifs is 2. The Labute approximate surface area is 191 Å². The van der Waals surface area contributed by atoms with Gasteiger partial charge in [0.15, 0.2) is 0 Å². The van der Waals surface area contributed by atoms with Crippen LogP contribution in [0, 0.1) is 29.6 Å². The molecule has 1 aliphatic carbocycles. The standard InChI is InChI=1S/C23H29BrN2O5/c1-14-21-19(6-5-17-4-3-16(24)12-25-17)18-7-8-26(23(28)30-10-9-29-2)13-15(18)11-20(21)22(27)31-14/h3-6,12,14-15,18-21H,7-11,13H2,1-2H3/b6-5+/t14-,15-,18?,19+,20-,21+/m1/s1. The normalized spacial score (nSPS) is 32.5. The fraction of sp³-hybridized carbons (Fsp3) is 0.609. The highest BCUT2D eigenvalue weighted by molar-refractivity contribution is 9.10. The minimum atomic E-state index is -0.300. The van der Waals surface area contributed by atoms with Gasteiger partial charge in [0.05, 0.1) is 18.2 Å². The molecular weight excluding hydrogens is 464 g/mol. The molecule has 4 rings (SSSR count). The Morgan fingerprint density at radius 1 is 1.39 bits per heavy atom. The lowest BCUT2D eigenvalue weighted by Crippen LogP contribution is -2.51. The third-order valence-electron chi connectivity index (χ3n) is 6.91. The maximum absolute atomic E-state index is 12.6. The lowest BCUT2D eigenvalue weighted by molar-refractivity contribution is -0.144. The first-order valence-corrected chi connectivity index (χ1v) is 11.7. The number of aromatic nitrogens is 1. The van der Waals surface area contributed by atoms with Gasteiger partial charge in [-0.15, -0.1) is 0 Å². The maximum Gasteiger partial charge on any atom is 0.409 e. The van der Waals surface area contributed by atoms with Gasteiger partial charge in [0.25, 0.3) is 0 Å². The summed E-state index contributed by atoms with van der Waals surface area (Å²) in [4.78, 5) is 31.2. The van der Waals surface area contributed by atoms with Gasteiger partial charge in [-0.25, -0.2) is 4.79 Å². The molecule has 2 saturated heterocycles. The molecule has 3 fully saturated rings. The van der Waals surface area contributed by atoms with E-state index < -0.39 is 0 Å². The SMILES string of the molecule is COCCOC(=O)N1CCC2[C@H](C[C@H]3C(=O)O[C@H](C)[C@H]3[C@H]2/C=C/c2ccc(Br)cn2)C1. The van der Waals surface area contributed by atoms with Crippen molar-refractivity contribution in [1.82, 2.24) is 9.88 Å². The highest BCUT2D eigenvalue weighted by atomic mass is 79.9. The molecule has 0 radical (unpaired) electrons. The van der Waals surface area contributed by atoms with Gasteiger partial charge in [-0.3, -0.25) is 9.78 Å². The predicted molar refractivity (Wildman–Crippen MR) is 118 cm³/mol. The zero-order valence-corrected chi connectivity index (χ0v) is 19.5. The molecule has 1 saturated carbocycles. The number of nitrogens with zero attached hydrogens (tertiary/aromatic N) is 2. The third-order valence-corrected chi connectivity index (χ3v) is 7.38. The molecule has 168 valence electrons. The molecule has 7 nitrogen and oxygen atoms in total. The van der Waals surface area contributed by atoms with Gasteiger partial charge < -0.3 is 19.1 Å². The van der Waals surface area contributed by atoms with Crippen LogP contribution in [0.3, 0.4) is 0 Å². The van der Waals surface area contributed by atoms with Crippen LogP contribution in [0.25, 0.3) is 6.08 Å². The van der Waals surface area contributed by atoms with Crippen molar-refractivity contribution in [3.05, 3.63) is 34.6 Å². The number of likely N-dealkylation sites (tertiary alicyclic amines) is 1. The van der Waals surface area contributed by atoms with Gasteiger partial charge in [0.1, 0.15) is 12.7 Å². The Kier molecular flexibility index (Phi) is 6.96. The molecule has 0 aromatic carbocycles. The summed E-state index contributed by atoms with van der Waals surface area (Å²) in [6, 6.07) is 3.94. The van der Waals surface area contributed by atoms with E-state index >= 15 is 0 Å². The van der Waals surface area contributed by atoms with E-state index in [-0.39, 0.29) is 48.4 Å². The summed E-state index contributed by atoms with van der Waals surface area (Å²) in [6.45, 7) is 3.91. The molecule has 8 heteroatoms. The molecule has 3 heterocycles.